The molecule has 3 aromatic rings. The maximum atomic E-state index is 13.3. The number of amides is 1. The summed E-state index contributed by atoms with van der Waals surface area (Å²) in [7, 11) is 0. The number of para-hydroxylation sites is 2. The number of rotatable bonds is 2. The normalized spacial score (nSPS) is 19.7. The number of piperidine rings is 1. The fraction of sp³-hybridized carbons (Fsp3) is 0.368. The Balaban J connectivity index is 1.49. The Hall–Kier alpha value is -2.54. The number of benzene rings is 1. The van der Waals surface area contributed by atoms with Crippen LogP contribution in [0.3, 0.4) is 0 Å². The maximum Gasteiger partial charge on any atom is 0.268 e. The SMILES string of the molecule is O=C(c1scc2c1OCCO2)N1CCCCC1c1nc2ccccc2[nH]1. The van der Waals surface area contributed by atoms with Crippen LogP contribution in [0, 0.1) is 0 Å². The fourth-order valence-electron chi connectivity index (χ4n) is 3.73. The number of nitrogens with zero attached hydrogens (tertiary/aromatic N) is 2. The number of thiophene rings is 1. The molecule has 2 aliphatic rings. The number of hydrogen-bond donors (Lipinski definition) is 1. The summed E-state index contributed by atoms with van der Waals surface area (Å²) in [5.41, 5.74) is 1.94. The maximum absolute atomic E-state index is 13.3. The van der Waals surface area contributed by atoms with Crippen molar-refractivity contribution in [3.8, 4) is 11.5 Å². The molecule has 7 heteroatoms. The molecule has 0 radical (unpaired) electrons. The van der Waals surface area contributed by atoms with Gasteiger partial charge >= 0.3 is 0 Å². The lowest BCUT2D eigenvalue weighted by molar-refractivity contribution is 0.0598. The highest BCUT2D eigenvalue weighted by Crippen LogP contribution is 2.42. The molecule has 1 unspecified atom stereocenters. The summed E-state index contributed by atoms with van der Waals surface area (Å²) >= 11 is 1.40. The number of imidazole rings is 1. The van der Waals surface area contributed by atoms with Crippen LogP contribution in [0.1, 0.15) is 40.8 Å². The summed E-state index contributed by atoms with van der Waals surface area (Å²) in [4.78, 5) is 24.0. The van der Waals surface area contributed by atoms with E-state index in [1.54, 1.807) is 0 Å². The molecular weight excluding hydrogens is 350 g/mol. The average molecular weight is 369 g/mol. The minimum Gasteiger partial charge on any atom is -0.485 e. The van der Waals surface area contributed by atoms with Crippen molar-refractivity contribution < 1.29 is 14.3 Å². The van der Waals surface area contributed by atoms with Crippen molar-refractivity contribution in [2.75, 3.05) is 19.8 Å². The first-order chi connectivity index (χ1) is 12.8. The van der Waals surface area contributed by atoms with E-state index in [-0.39, 0.29) is 11.9 Å². The van der Waals surface area contributed by atoms with Gasteiger partial charge in [0.1, 0.15) is 23.9 Å². The van der Waals surface area contributed by atoms with Crippen molar-refractivity contribution in [3.05, 3.63) is 40.3 Å². The molecule has 1 amide bonds. The van der Waals surface area contributed by atoms with E-state index in [0.29, 0.717) is 29.6 Å². The van der Waals surface area contributed by atoms with Gasteiger partial charge in [-0.3, -0.25) is 4.79 Å². The van der Waals surface area contributed by atoms with Gasteiger partial charge in [-0.05, 0) is 31.4 Å². The molecule has 5 rings (SSSR count). The van der Waals surface area contributed by atoms with Crippen LogP contribution >= 0.6 is 11.3 Å². The van der Waals surface area contributed by atoms with E-state index in [0.717, 1.165) is 42.7 Å². The Morgan fingerprint density at radius 3 is 3.04 bits per heavy atom. The minimum atomic E-state index is -0.0362. The Bertz CT molecular complexity index is 931. The van der Waals surface area contributed by atoms with E-state index in [2.05, 4.69) is 4.98 Å². The molecule has 1 N–H and O–H groups in total. The molecule has 26 heavy (non-hydrogen) atoms. The van der Waals surface area contributed by atoms with Crippen molar-refractivity contribution in [1.82, 2.24) is 14.9 Å². The molecule has 1 atom stereocenters. The molecule has 2 aromatic heterocycles. The Kier molecular flexibility index (Phi) is 3.81. The van der Waals surface area contributed by atoms with E-state index in [1.165, 1.54) is 11.3 Å². The van der Waals surface area contributed by atoms with Crippen LogP contribution in [0.2, 0.25) is 0 Å². The van der Waals surface area contributed by atoms with Gasteiger partial charge < -0.3 is 19.4 Å². The Morgan fingerprint density at radius 1 is 1.23 bits per heavy atom. The molecule has 6 nitrogen and oxygen atoms in total. The highest BCUT2D eigenvalue weighted by molar-refractivity contribution is 7.12. The van der Waals surface area contributed by atoms with E-state index >= 15 is 0 Å². The molecule has 2 aliphatic heterocycles. The number of hydrogen-bond acceptors (Lipinski definition) is 5. The number of likely N-dealkylation sites (tertiary alicyclic amines) is 1. The largest absolute Gasteiger partial charge is 0.485 e. The highest BCUT2D eigenvalue weighted by atomic mass is 32.1. The van der Waals surface area contributed by atoms with Gasteiger partial charge in [0.25, 0.3) is 5.91 Å². The first kappa shape index (κ1) is 15.7. The number of nitrogens with one attached hydrogen (secondary N) is 1. The third kappa shape index (κ3) is 2.54. The predicted octanol–water partition coefficient (Wildman–Crippen LogP) is 3.76. The molecule has 0 bridgehead atoms. The van der Waals surface area contributed by atoms with Gasteiger partial charge in [0.15, 0.2) is 11.5 Å². The third-order valence-corrected chi connectivity index (χ3v) is 5.91. The van der Waals surface area contributed by atoms with Crippen LogP contribution in [-0.2, 0) is 0 Å². The summed E-state index contributed by atoms with van der Waals surface area (Å²) < 4.78 is 11.3. The number of H-pyrrole nitrogens is 1. The zero-order valence-corrected chi connectivity index (χ0v) is 15.1. The Labute approximate surface area is 154 Å². The molecular formula is C19H19N3O3S. The molecule has 134 valence electrons. The second kappa shape index (κ2) is 6.32. The second-order valence-corrected chi connectivity index (χ2v) is 7.48. The van der Waals surface area contributed by atoms with Crippen molar-refractivity contribution in [1.29, 1.82) is 0 Å². The molecule has 1 fully saturated rings. The lowest BCUT2D eigenvalue weighted by atomic mass is 10.0. The predicted molar refractivity (Wildman–Crippen MR) is 99.0 cm³/mol. The van der Waals surface area contributed by atoms with Gasteiger partial charge in [-0.2, -0.15) is 0 Å². The lowest BCUT2D eigenvalue weighted by Crippen LogP contribution is -2.39. The van der Waals surface area contributed by atoms with Crippen LogP contribution < -0.4 is 9.47 Å². The van der Waals surface area contributed by atoms with Crippen LogP contribution in [0.5, 0.6) is 11.5 Å². The summed E-state index contributed by atoms with van der Waals surface area (Å²) in [5, 5.41) is 1.86. The van der Waals surface area contributed by atoms with E-state index < -0.39 is 0 Å². The van der Waals surface area contributed by atoms with Gasteiger partial charge in [0, 0.05) is 11.9 Å². The number of aromatic amines is 1. The number of carbonyl (C=O) groups is 1. The molecule has 4 heterocycles. The Morgan fingerprint density at radius 2 is 2.12 bits per heavy atom. The van der Waals surface area contributed by atoms with E-state index in [4.69, 9.17) is 14.5 Å². The zero-order valence-electron chi connectivity index (χ0n) is 14.2. The molecule has 0 aliphatic carbocycles. The monoisotopic (exact) mass is 369 g/mol. The lowest BCUT2D eigenvalue weighted by Gasteiger charge is -2.34. The van der Waals surface area contributed by atoms with Gasteiger partial charge in [-0.25, -0.2) is 4.98 Å². The molecule has 1 saturated heterocycles. The second-order valence-electron chi connectivity index (χ2n) is 6.60. The van der Waals surface area contributed by atoms with Gasteiger partial charge in [-0.1, -0.05) is 12.1 Å². The third-order valence-electron chi connectivity index (χ3n) is 4.98. The smallest absolute Gasteiger partial charge is 0.268 e. The number of ether oxygens (including phenoxy) is 2. The topological polar surface area (TPSA) is 67.5 Å². The summed E-state index contributed by atoms with van der Waals surface area (Å²) in [6.07, 6.45) is 3.01. The highest BCUT2D eigenvalue weighted by Gasteiger charge is 2.34. The first-order valence-electron chi connectivity index (χ1n) is 8.94. The summed E-state index contributed by atoms with van der Waals surface area (Å²) in [6.45, 7) is 1.74. The molecule has 0 saturated carbocycles. The minimum absolute atomic E-state index is 0.00639. The van der Waals surface area contributed by atoms with Gasteiger partial charge in [-0.15, -0.1) is 11.3 Å². The van der Waals surface area contributed by atoms with Crippen molar-refractivity contribution in [2.24, 2.45) is 0 Å². The first-order valence-corrected chi connectivity index (χ1v) is 9.82. The van der Waals surface area contributed by atoms with Crippen molar-refractivity contribution in [3.63, 3.8) is 0 Å². The van der Waals surface area contributed by atoms with Gasteiger partial charge in [0.05, 0.1) is 17.1 Å². The standard InChI is InChI=1S/C19H19N3O3S/c23-19(17-16-15(11-26-17)24-9-10-25-16)22-8-4-3-7-14(22)18-20-12-5-1-2-6-13(12)21-18/h1-2,5-6,11,14H,3-4,7-10H2,(H,20,21). The number of fused-ring (bicyclic) bond motifs is 2. The number of carbonyl (C=O) groups excluding carboxylic acids is 1. The van der Waals surface area contributed by atoms with Crippen molar-refractivity contribution in [2.45, 2.75) is 25.3 Å². The van der Waals surface area contributed by atoms with Gasteiger partial charge in [0.2, 0.25) is 0 Å². The summed E-state index contributed by atoms with van der Waals surface area (Å²) in [5.74, 6) is 2.15. The van der Waals surface area contributed by atoms with E-state index in [9.17, 15) is 4.79 Å². The average Bonchev–Trinajstić information content (AvgIpc) is 3.31. The van der Waals surface area contributed by atoms with Crippen LogP contribution in [0.25, 0.3) is 11.0 Å². The van der Waals surface area contributed by atoms with Crippen molar-refractivity contribution >= 4 is 28.3 Å². The fourth-order valence-corrected chi connectivity index (χ4v) is 4.61. The zero-order chi connectivity index (χ0) is 17.5. The molecule has 0 spiro atoms. The van der Waals surface area contributed by atoms with Crippen LogP contribution in [-0.4, -0.2) is 40.5 Å². The van der Waals surface area contributed by atoms with Crippen LogP contribution in [0.4, 0.5) is 0 Å². The van der Waals surface area contributed by atoms with E-state index in [1.807, 2.05) is 34.5 Å². The number of aromatic nitrogens is 2. The molecule has 1 aromatic carbocycles. The van der Waals surface area contributed by atoms with Crippen LogP contribution in [0.15, 0.2) is 29.6 Å². The summed E-state index contributed by atoms with van der Waals surface area (Å²) in [6, 6.07) is 7.94. The quantitative estimate of drug-likeness (QED) is 0.747.